The van der Waals surface area contributed by atoms with Gasteiger partial charge in [0.15, 0.2) is 5.65 Å². The quantitative estimate of drug-likeness (QED) is 0.166. The Balaban J connectivity index is 0.000000102. The molecule has 15 nitrogen and oxygen atoms in total. The standard InChI is InChI=1S/3C20H20N2.3C19H19N3/c2*1-13-8-7-9-14(2)19(13)22-16(4)15(3)17-12-21-11-6-5-10-18(21)20(17)22;1-13-8-7-9-14(2)20(13)22-16(4)15(3)19-17-10-5-6-11-21(17)12-18(19)22;2*1-12-8-7-9-13(2)18(12)22-15(4)14(3)17-19(22)21-11-6-5-10-16(21)20-17;1-12-8-7-9-13(2)17(12)22-15(4)14(3)18-19(22)20-16-10-5-6-11-21(16)18/h3*5-12H,1-4H3;3*5-11H,1-4H3. The maximum atomic E-state index is 4.88. The number of aryl methyl sites for hydroxylation is 18. The molecule has 0 saturated carbocycles. The number of hydrogen-bond donors (Lipinski definition) is 0. The molecule has 0 fully saturated rings. The number of aromatic nitrogens is 15. The average Bonchev–Trinajstić information content (AvgIpc) is 1.70. The van der Waals surface area contributed by atoms with E-state index in [4.69, 9.17) is 15.0 Å². The van der Waals surface area contributed by atoms with Crippen LogP contribution in [0, 0.1) is 166 Å². The highest BCUT2D eigenvalue weighted by Crippen LogP contribution is 2.42. The number of fused-ring (bicyclic) bond motifs is 18. The van der Waals surface area contributed by atoms with E-state index >= 15 is 0 Å². The lowest BCUT2D eigenvalue weighted by Gasteiger charge is -2.15. The molecule has 0 aliphatic rings. The third-order valence-corrected chi connectivity index (χ3v) is 28.3. The van der Waals surface area contributed by atoms with Gasteiger partial charge in [-0.2, -0.15) is 0 Å². The Bertz CT molecular complexity index is 7730. The van der Waals surface area contributed by atoms with Crippen molar-refractivity contribution >= 4 is 99.7 Å². The Kier molecular flexibility index (Phi) is 22.1. The van der Waals surface area contributed by atoms with Crippen molar-refractivity contribution in [3.63, 3.8) is 0 Å². The Morgan fingerprint density at radius 1 is 0.197 bits per heavy atom. The van der Waals surface area contributed by atoms with Crippen LogP contribution in [0.2, 0.25) is 0 Å². The van der Waals surface area contributed by atoms with Crippen LogP contribution in [0.15, 0.2) is 274 Å². The van der Waals surface area contributed by atoms with Crippen molar-refractivity contribution in [1.29, 1.82) is 0 Å². The van der Waals surface area contributed by atoms with Crippen LogP contribution in [0.3, 0.4) is 0 Å². The van der Waals surface area contributed by atoms with E-state index in [0.29, 0.717) is 0 Å². The van der Waals surface area contributed by atoms with Gasteiger partial charge in [-0.3, -0.25) is 26.9 Å². The van der Waals surface area contributed by atoms with Crippen molar-refractivity contribution in [2.24, 2.45) is 0 Å². The van der Waals surface area contributed by atoms with Crippen molar-refractivity contribution in [1.82, 2.24) is 68.8 Å². The van der Waals surface area contributed by atoms with Crippen LogP contribution < -0.4 is 0 Å². The maximum absolute atomic E-state index is 4.88. The fourth-order valence-electron chi connectivity index (χ4n) is 21.0. The predicted molar refractivity (Wildman–Crippen MR) is 552 cm³/mol. The van der Waals surface area contributed by atoms with Gasteiger partial charge >= 0.3 is 0 Å². The summed E-state index contributed by atoms with van der Waals surface area (Å²) in [6, 6.07) is 76.6. The number of hydrogen-bond acceptors (Lipinski definition) is 3. The summed E-state index contributed by atoms with van der Waals surface area (Å²) in [6.45, 7) is 52.6. The third kappa shape index (κ3) is 14.0. The molecule has 18 aromatic heterocycles. The van der Waals surface area contributed by atoms with Crippen molar-refractivity contribution in [2.45, 2.75) is 166 Å². The summed E-state index contributed by atoms with van der Waals surface area (Å²) in [5.74, 6) is 0. The van der Waals surface area contributed by atoms with Crippen LogP contribution in [0.25, 0.3) is 134 Å². The van der Waals surface area contributed by atoms with E-state index in [-0.39, 0.29) is 0 Å². The van der Waals surface area contributed by atoms with E-state index in [9.17, 15) is 0 Å². The van der Waals surface area contributed by atoms with E-state index in [1.54, 1.807) is 0 Å². The lowest BCUT2D eigenvalue weighted by Crippen LogP contribution is -2.04. The molecule has 6 aromatic carbocycles. The molecule has 0 spiro atoms. The molecule has 24 aromatic rings. The van der Waals surface area contributed by atoms with Gasteiger partial charge in [0.2, 0.25) is 0 Å². The molecule has 0 bridgehead atoms. The normalized spacial score (nSPS) is 11.6. The van der Waals surface area contributed by atoms with Gasteiger partial charge in [0.05, 0.1) is 72.7 Å². The number of para-hydroxylation sites is 6. The minimum Gasteiger partial charge on any atom is -0.321 e. The van der Waals surface area contributed by atoms with Crippen LogP contribution in [0.4, 0.5) is 0 Å². The molecule has 0 amide bonds. The molecule has 0 aliphatic heterocycles. The topological polar surface area (TPSA) is 94.7 Å². The summed E-state index contributed by atoms with van der Waals surface area (Å²) in [6.07, 6.45) is 19.4. The lowest BCUT2D eigenvalue weighted by molar-refractivity contribution is 0.978. The summed E-state index contributed by atoms with van der Waals surface area (Å²) in [7, 11) is 0. The van der Waals surface area contributed by atoms with Gasteiger partial charge in [0.1, 0.15) is 39.3 Å². The monoisotopic (exact) mass is 1730 g/mol. The first-order valence-corrected chi connectivity index (χ1v) is 46.0. The molecule has 0 N–H and O–H groups in total. The minimum absolute atomic E-state index is 0.996. The number of rotatable bonds is 6. The molecule has 132 heavy (non-hydrogen) atoms. The van der Waals surface area contributed by atoms with Crippen molar-refractivity contribution in [3.8, 4) is 34.1 Å². The highest BCUT2D eigenvalue weighted by molar-refractivity contribution is 6.03. The molecule has 24 rings (SSSR count). The summed E-state index contributed by atoms with van der Waals surface area (Å²) < 4.78 is 27.5. The van der Waals surface area contributed by atoms with Gasteiger partial charge in [0, 0.05) is 106 Å². The van der Waals surface area contributed by atoms with Gasteiger partial charge < -0.3 is 26.9 Å². The van der Waals surface area contributed by atoms with Crippen molar-refractivity contribution in [3.05, 3.63) is 408 Å². The third-order valence-electron chi connectivity index (χ3n) is 28.3. The van der Waals surface area contributed by atoms with E-state index in [2.05, 4.69) is 476 Å². The molecule has 0 saturated heterocycles. The number of pyridine rings is 6. The lowest BCUT2D eigenvalue weighted by atomic mass is 10.1. The second-order valence-corrected chi connectivity index (χ2v) is 36.5. The average molecular weight is 1730 g/mol. The Morgan fingerprint density at radius 2 is 0.477 bits per heavy atom. The summed E-state index contributed by atoms with van der Waals surface area (Å²) in [5, 5.41) is 4.04. The Labute approximate surface area is 772 Å². The maximum Gasteiger partial charge on any atom is 0.164 e. The smallest absolute Gasteiger partial charge is 0.164 e. The molecule has 15 heteroatoms. The number of nitrogens with zero attached hydrogens (tertiary/aromatic N) is 15. The van der Waals surface area contributed by atoms with E-state index in [1.165, 1.54) is 223 Å². The van der Waals surface area contributed by atoms with Gasteiger partial charge in [-0.05, 0) is 339 Å². The summed E-state index contributed by atoms with van der Waals surface area (Å²) in [5.41, 5.74) is 56.4. The Hall–Kier alpha value is -15.1. The highest BCUT2D eigenvalue weighted by Gasteiger charge is 2.27. The largest absolute Gasteiger partial charge is 0.321 e. The van der Waals surface area contributed by atoms with Gasteiger partial charge in [0.25, 0.3) is 0 Å². The van der Waals surface area contributed by atoms with Gasteiger partial charge in [-0.1, -0.05) is 146 Å². The van der Waals surface area contributed by atoms with Crippen LogP contribution >= 0.6 is 0 Å². The molecule has 660 valence electrons. The Morgan fingerprint density at radius 3 is 0.848 bits per heavy atom. The second-order valence-electron chi connectivity index (χ2n) is 36.5. The molecule has 18 heterocycles. The molecule has 0 aliphatic carbocycles. The molecule has 0 atom stereocenters. The molecular weight excluding hydrogens is 1620 g/mol. The summed E-state index contributed by atoms with van der Waals surface area (Å²) >= 11 is 0. The van der Waals surface area contributed by atoms with Crippen molar-refractivity contribution in [2.75, 3.05) is 0 Å². The van der Waals surface area contributed by atoms with Gasteiger partial charge in [-0.25, -0.2) is 15.0 Å². The van der Waals surface area contributed by atoms with E-state index in [1.807, 2.05) is 18.2 Å². The van der Waals surface area contributed by atoms with Crippen molar-refractivity contribution < 1.29 is 0 Å². The molecule has 0 unspecified atom stereocenters. The van der Waals surface area contributed by atoms with E-state index < -0.39 is 0 Å². The number of imidazole rings is 3. The first-order valence-electron chi connectivity index (χ1n) is 46.0. The zero-order valence-electron chi connectivity index (χ0n) is 80.7. The predicted octanol–water partition coefficient (Wildman–Crippen LogP) is 28.9. The second kappa shape index (κ2) is 33.8. The zero-order valence-corrected chi connectivity index (χ0v) is 80.7. The fourth-order valence-corrected chi connectivity index (χ4v) is 21.0. The first kappa shape index (κ1) is 86.3. The zero-order chi connectivity index (χ0) is 92.6. The SMILES string of the molecule is Cc1cccc(C)c1-n1c(C)c(C)c2c1cn1ccccc21.Cc1cccc(C)c1-n1c(C)c(C)c2c1nc1ccccn12.Cc1cccc(C)c1-n1c(C)c(C)c2cn3ccccc3c21.Cc1cccc(C)c1-n1c(C)c(C)c2cn3ccccc3c21.Cc1cccc(C)c1-n1c(C)c(C)c2nc3ccccn3c21.Cc1cccc(C)c1-n1c(C)c(C)c2nc3ccccn3c21. The van der Waals surface area contributed by atoms with Crippen LogP contribution in [0.5, 0.6) is 0 Å². The molecular formula is C117H117N15. The molecule has 0 radical (unpaired) electrons. The van der Waals surface area contributed by atoms with E-state index in [0.717, 1.165) is 44.9 Å². The minimum atomic E-state index is 0.996. The van der Waals surface area contributed by atoms with Gasteiger partial charge in [-0.15, -0.1) is 0 Å². The highest BCUT2D eigenvalue weighted by atomic mass is 15.2. The number of benzene rings is 6. The van der Waals surface area contributed by atoms with Crippen LogP contribution in [-0.4, -0.2) is 68.8 Å². The first-order chi connectivity index (χ1) is 63.6. The van der Waals surface area contributed by atoms with Crippen LogP contribution in [-0.2, 0) is 0 Å². The van der Waals surface area contributed by atoms with Crippen LogP contribution in [0.1, 0.15) is 134 Å². The fraction of sp³-hybridized carbons (Fsp3) is 0.205. The summed E-state index contributed by atoms with van der Waals surface area (Å²) in [4.78, 5) is 14.5.